The molecule has 3 N–H and O–H groups in total. The zero-order valence-electron chi connectivity index (χ0n) is 14.1. The van der Waals surface area contributed by atoms with Crippen LogP contribution in [0.25, 0.3) is 16.6 Å². The Bertz CT molecular complexity index is 1020. The lowest BCUT2D eigenvalue weighted by atomic mass is 10.2. The molecule has 2 heterocycles. The molecule has 0 aliphatic carbocycles. The predicted octanol–water partition coefficient (Wildman–Crippen LogP) is 3.47. The molecule has 0 saturated heterocycles. The molecule has 0 atom stereocenters. The second kappa shape index (κ2) is 6.18. The van der Waals surface area contributed by atoms with Gasteiger partial charge in [0.05, 0.1) is 30.3 Å². The zero-order valence-corrected chi connectivity index (χ0v) is 14.1. The van der Waals surface area contributed by atoms with Crippen molar-refractivity contribution in [2.45, 2.75) is 6.54 Å². The lowest BCUT2D eigenvalue weighted by molar-refractivity contribution is 0.346. The highest BCUT2D eigenvalue weighted by molar-refractivity contribution is 6.23. The van der Waals surface area contributed by atoms with Crippen LogP contribution in [0.1, 0.15) is 11.4 Å². The smallest absolute Gasteiger partial charge is 0.145 e. The van der Waals surface area contributed by atoms with Gasteiger partial charge in [-0.15, -0.1) is 0 Å². The molecule has 0 bridgehead atoms. The lowest BCUT2D eigenvalue weighted by Gasteiger charge is -2.18. The molecule has 4 rings (SSSR count). The van der Waals surface area contributed by atoms with Crippen LogP contribution in [0.2, 0.25) is 0 Å². The number of nitrogens with one attached hydrogen (secondary N) is 2. The second-order valence-corrected chi connectivity index (χ2v) is 6.12. The van der Waals surface area contributed by atoms with Crippen molar-refractivity contribution in [3.05, 3.63) is 65.4 Å². The molecule has 0 radical (unpaired) electrons. The summed E-state index contributed by atoms with van der Waals surface area (Å²) in [4.78, 5) is 9.11. The van der Waals surface area contributed by atoms with Gasteiger partial charge in [-0.05, 0) is 35.9 Å². The number of aliphatic hydroxyl groups is 1. The molecule has 26 heavy (non-hydrogen) atoms. The lowest BCUT2D eigenvalue weighted by Crippen LogP contribution is -2.26. The van der Waals surface area contributed by atoms with Gasteiger partial charge in [0.1, 0.15) is 29.0 Å². The number of amidine groups is 1. The van der Waals surface area contributed by atoms with Crippen LogP contribution in [-0.4, -0.2) is 39.5 Å². The van der Waals surface area contributed by atoms with Gasteiger partial charge < -0.3 is 19.7 Å². The van der Waals surface area contributed by atoms with Gasteiger partial charge in [-0.3, -0.25) is 5.41 Å². The SMILES string of the molecule is COc1ccc(CN2CC(O)=C(c3nc4ccc(F)cc4[nH]3)C2=N)cc1. The molecule has 132 valence electrons. The third-order valence-electron chi connectivity index (χ3n) is 4.40. The highest BCUT2D eigenvalue weighted by atomic mass is 19.1. The Kier molecular flexibility index (Phi) is 3.84. The maximum atomic E-state index is 13.4. The molecule has 0 unspecified atom stereocenters. The van der Waals surface area contributed by atoms with Crippen molar-refractivity contribution in [1.29, 1.82) is 5.41 Å². The Balaban J connectivity index is 1.59. The average Bonchev–Trinajstić information content (AvgIpc) is 3.15. The number of imidazole rings is 1. The summed E-state index contributed by atoms with van der Waals surface area (Å²) in [5.41, 5.74) is 2.45. The molecule has 6 nitrogen and oxygen atoms in total. The number of fused-ring (bicyclic) bond motifs is 1. The first kappa shape index (κ1) is 16.1. The third-order valence-corrected chi connectivity index (χ3v) is 4.40. The quantitative estimate of drug-likeness (QED) is 0.671. The summed E-state index contributed by atoms with van der Waals surface area (Å²) in [5, 5.41) is 18.8. The summed E-state index contributed by atoms with van der Waals surface area (Å²) in [6.45, 7) is 0.705. The molecule has 1 aliphatic heterocycles. The van der Waals surface area contributed by atoms with Crippen molar-refractivity contribution < 1.29 is 14.2 Å². The van der Waals surface area contributed by atoms with Crippen molar-refractivity contribution in [2.24, 2.45) is 0 Å². The van der Waals surface area contributed by atoms with E-state index in [4.69, 9.17) is 10.1 Å². The molecule has 0 spiro atoms. The Labute approximate surface area is 149 Å². The van der Waals surface area contributed by atoms with E-state index in [1.807, 2.05) is 24.3 Å². The van der Waals surface area contributed by atoms with Crippen molar-refractivity contribution in [2.75, 3.05) is 13.7 Å². The summed E-state index contributed by atoms with van der Waals surface area (Å²) < 4.78 is 18.5. The molecule has 0 fully saturated rings. The standard InChI is InChI=1S/C19H17FN4O2/c1-26-13-5-2-11(3-6-13)9-24-10-16(25)17(18(24)21)19-22-14-7-4-12(20)8-15(14)23-19/h2-8,21,25H,9-10H2,1H3,(H,22,23). The van der Waals surface area contributed by atoms with Crippen LogP contribution in [-0.2, 0) is 6.54 Å². The van der Waals surface area contributed by atoms with E-state index in [-0.39, 0.29) is 24.0 Å². The van der Waals surface area contributed by atoms with Gasteiger partial charge in [-0.25, -0.2) is 9.37 Å². The fourth-order valence-corrected chi connectivity index (χ4v) is 3.07. The molecule has 1 aliphatic rings. The first-order chi connectivity index (χ1) is 12.5. The van der Waals surface area contributed by atoms with E-state index in [9.17, 15) is 9.50 Å². The topological polar surface area (TPSA) is 85.2 Å². The Morgan fingerprint density at radius 3 is 2.77 bits per heavy atom. The number of aliphatic hydroxyl groups excluding tert-OH is 1. The normalized spacial score (nSPS) is 14.5. The van der Waals surface area contributed by atoms with E-state index in [2.05, 4.69) is 9.97 Å². The molecule has 3 aromatic rings. The van der Waals surface area contributed by atoms with E-state index < -0.39 is 0 Å². The number of ether oxygens (including phenoxy) is 1. The van der Waals surface area contributed by atoms with Crippen LogP contribution in [0.15, 0.2) is 48.2 Å². The highest BCUT2D eigenvalue weighted by Gasteiger charge is 2.30. The van der Waals surface area contributed by atoms with E-state index in [0.29, 0.717) is 29.0 Å². The predicted molar refractivity (Wildman–Crippen MR) is 96.7 cm³/mol. The van der Waals surface area contributed by atoms with Gasteiger partial charge in [-0.1, -0.05) is 12.1 Å². The first-order valence-corrected chi connectivity index (χ1v) is 8.09. The number of aromatic amines is 1. The Morgan fingerprint density at radius 1 is 1.27 bits per heavy atom. The second-order valence-electron chi connectivity index (χ2n) is 6.12. The molecular weight excluding hydrogens is 335 g/mol. The van der Waals surface area contributed by atoms with Crippen LogP contribution >= 0.6 is 0 Å². The maximum Gasteiger partial charge on any atom is 0.145 e. The van der Waals surface area contributed by atoms with Gasteiger partial charge in [0.15, 0.2) is 0 Å². The van der Waals surface area contributed by atoms with E-state index in [0.717, 1.165) is 11.3 Å². The van der Waals surface area contributed by atoms with Crippen molar-refractivity contribution >= 4 is 22.4 Å². The molecular formula is C19H17FN4O2. The van der Waals surface area contributed by atoms with Crippen LogP contribution in [0.3, 0.4) is 0 Å². The van der Waals surface area contributed by atoms with E-state index in [1.165, 1.54) is 12.1 Å². The van der Waals surface area contributed by atoms with E-state index in [1.54, 1.807) is 18.1 Å². The number of hydrogen-bond acceptors (Lipinski definition) is 4. The molecule has 0 saturated carbocycles. The molecule has 2 aromatic carbocycles. The number of nitrogens with zero attached hydrogens (tertiary/aromatic N) is 2. The van der Waals surface area contributed by atoms with Gasteiger partial charge in [0, 0.05) is 6.54 Å². The number of halogens is 1. The van der Waals surface area contributed by atoms with E-state index >= 15 is 0 Å². The number of aromatic nitrogens is 2. The number of methoxy groups -OCH3 is 1. The Morgan fingerprint density at radius 2 is 2.04 bits per heavy atom. The van der Waals surface area contributed by atoms with Crippen molar-refractivity contribution in [3.63, 3.8) is 0 Å². The summed E-state index contributed by atoms with van der Waals surface area (Å²) >= 11 is 0. The van der Waals surface area contributed by atoms with Crippen molar-refractivity contribution in [3.8, 4) is 5.75 Å². The van der Waals surface area contributed by atoms with Gasteiger partial charge in [-0.2, -0.15) is 0 Å². The minimum absolute atomic E-state index is 0.0723. The number of rotatable bonds is 4. The summed E-state index contributed by atoms with van der Waals surface area (Å²) in [6.07, 6.45) is 0. The third kappa shape index (κ3) is 2.77. The fourth-order valence-electron chi connectivity index (χ4n) is 3.07. The minimum Gasteiger partial charge on any atom is -0.510 e. The summed E-state index contributed by atoms with van der Waals surface area (Å²) in [5.74, 6) is 1.01. The van der Waals surface area contributed by atoms with Gasteiger partial charge >= 0.3 is 0 Å². The molecule has 0 amide bonds. The Hall–Kier alpha value is -3.35. The number of benzene rings is 2. The molecule has 7 heteroatoms. The summed E-state index contributed by atoms with van der Waals surface area (Å²) in [7, 11) is 1.61. The molecule has 1 aromatic heterocycles. The zero-order chi connectivity index (χ0) is 18.3. The van der Waals surface area contributed by atoms with Crippen LogP contribution in [0, 0.1) is 11.2 Å². The minimum atomic E-state index is -0.367. The largest absolute Gasteiger partial charge is 0.510 e. The average molecular weight is 352 g/mol. The van der Waals surface area contributed by atoms with Gasteiger partial charge in [0.2, 0.25) is 0 Å². The van der Waals surface area contributed by atoms with Crippen LogP contribution in [0.4, 0.5) is 4.39 Å². The van der Waals surface area contributed by atoms with Crippen LogP contribution < -0.4 is 4.74 Å². The fraction of sp³-hybridized carbons (Fsp3) is 0.158. The summed E-state index contributed by atoms with van der Waals surface area (Å²) in [6, 6.07) is 11.8. The van der Waals surface area contributed by atoms with Crippen LogP contribution in [0.5, 0.6) is 5.75 Å². The highest BCUT2D eigenvalue weighted by Crippen LogP contribution is 2.28. The van der Waals surface area contributed by atoms with Gasteiger partial charge in [0.25, 0.3) is 0 Å². The first-order valence-electron chi connectivity index (χ1n) is 8.09. The number of H-pyrrole nitrogens is 1. The number of hydrogen-bond donors (Lipinski definition) is 3. The maximum absolute atomic E-state index is 13.4. The van der Waals surface area contributed by atoms with Crippen molar-refractivity contribution in [1.82, 2.24) is 14.9 Å². The monoisotopic (exact) mass is 352 g/mol.